The number of aliphatic carboxylic acids is 1. The lowest BCUT2D eigenvalue weighted by Gasteiger charge is -2.13. The van der Waals surface area contributed by atoms with Gasteiger partial charge in [-0.1, -0.05) is 60.7 Å². The first-order valence-corrected chi connectivity index (χ1v) is 9.00. The number of aliphatic hydroxyl groups excluding tert-OH is 1. The first kappa shape index (κ1) is 21.5. The molecule has 2 rings (SSSR count). The molecule has 2 aromatic carbocycles. The van der Waals surface area contributed by atoms with Crippen molar-refractivity contribution in [1.82, 2.24) is 16.0 Å². The van der Waals surface area contributed by atoms with Crippen LogP contribution in [0.25, 0.3) is 0 Å². The molecule has 5 N–H and O–H groups in total. The van der Waals surface area contributed by atoms with Crippen molar-refractivity contribution in [2.45, 2.75) is 13.0 Å². The van der Waals surface area contributed by atoms with Crippen LogP contribution in [0, 0.1) is 0 Å². The number of nitrogens with one attached hydrogen (secondary N) is 3. The van der Waals surface area contributed by atoms with Crippen LogP contribution in [-0.4, -0.2) is 41.1 Å². The van der Waals surface area contributed by atoms with E-state index in [0.717, 1.165) is 11.1 Å². The number of benzene rings is 2. The first-order valence-electron chi connectivity index (χ1n) is 9.00. The maximum atomic E-state index is 12.5. The minimum Gasteiger partial charge on any atom is -0.494 e. The molecule has 0 aromatic heterocycles. The van der Waals surface area contributed by atoms with Crippen LogP contribution in [0.5, 0.6) is 0 Å². The molecule has 0 aliphatic rings. The summed E-state index contributed by atoms with van der Waals surface area (Å²) in [5.74, 6) is -3.68. The smallest absolute Gasteiger partial charge is 0.322 e. The number of carbonyl (C=O) groups excluding carboxylic acids is 2. The fraction of sp³-hybridized carbons (Fsp3) is 0.190. The molecule has 0 fully saturated rings. The summed E-state index contributed by atoms with van der Waals surface area (Å²) in [6, 6.07) is 18.5. The predicted octanol–water partition coefficient (Wildman–Crippen LogP) is 1.11. The van der Waals surface area contributed by atoms with E-state index in [2.05, 4.69) is 16.0 Å². The topological polar surface area (TPSA) is 128 Å². The molecule has 0 saturated carbocycles. The lowest BCUT2D eigenvalue weighted by atomic mass is 10.1. The molecule has 8 nitrogen and oxygen atoms in total. The van der Waals surface area contributed by atoms with Crippen LogP contribution in [0.1, 0.15) is 11.1 Å². The van der Waals surface area contributed by atoms with E-state index >= 15 is 0 Å². The van der Waals surface area contributed by atoms with Crippen molar-refractivity contribution in [1.29, 1.82) is 0 Å². The predicted molar refractivity (Wildman–Crippen MR) is 107 cm³/mol. The van der Waals surface area contributed by atoms with Gasteiger partial charge in [0.05, 0.1) is 0 Å². The highest BCUT2D eigenvalue weighted by Gasteiger charge is 2.24. The van der Waals surface area contributed by atoms with E-state index in [9.17, 15) is 19.5 Å². The van der Waals surface area contributed by atoms with Crippen molar-refractivity contribution in [3.63, 3.8) is 0 Å². The fourth-order valence-electron chi connectivity index (χ4n) is 2.49. The van der Waals surface area contributed by atoms with Crippen LogP contribution in [0.3, 0.4) is 0 Å². The molecule has 0 atom stereocenters. The second-order valence-electron chi connectivity index (χ2n) is 6.13. The van der Waals surface area contributed by atoms with Crippen molar-refractivity contribution in [3.8, 4) is 0 Å². The van der Waals surface area contributed by atoms with Crippen molar-refractivity contribution in [2.75, 3.05) is 13.1 Å². The van der Waals surface area contributed by atoms with Gasteiger partial charge in [0.15, 0.2) is 5.57 Å². The van der Waals surface area contributed by atoms with Crippen LogP contribution in [0.4, 0.5) is 0 Å². The number of hydrogen-bond acceptors (Lipinski definition) is 5. The van der Waals surface area contributed by atoms with Crippen molar-refractivity contribution in [3.05, 3.63) is 83.2 Å². The second kappa shape index (κ2) is 11.1. The molecule has 152 valence electrons. The van der Waals surface area contributed by atoms with Gasteiger partial charge in [-0.25, -0.2) is 0 Å². The van der Waals surface area contributed by atoms with E-state index in [4.69, 9.17) is 5.11 Å². The Morgan fingerprint density at radius 1 is 0.724 bits per heavy atom. The minimum absolute atomic E-state index is 0.180. The lowest BCUT2D eigenvalue weighted by Crippen LogP contribution is -2.39. The zero-order valence-electron chi connectivity index (χ0n) is 15.7. The molecule has 0 heterocycles. The number of aliphatic hydroxyl groups is 1. The molecule has 0 unspecified atom stereocenters. The van der Waals surface area contributed by atoms with Gasteiger partial charge in [-0.05, 0) is 17.5 Å². The van der Waals surface area contributed by atoms with E-state index in [0.29, 0.717) is 6.42 Å². The van der Waals surface area contributed by atoms with Gasteiger partial charge in [-0.2, -0.15) is 0 Å². The first-order chi connectivity index (χ1) is 14.0. The van der Waals surface area contributed by atoms with Crippen LogP contribution in [0.15, 0.2) is 72.1 Å². The highest BCUT2D eigenvalue weighted by molar-refractivity contribution is 6.19. The monoisotopic (exact) mass is 397 g/mol. The molecule has 2 aromatic rings. The third-order valence-electron chi connectivity index (χ3n) is 3.94. The van der Waals surface area contributed by atoms with Crippen LogP contribution in [0.2, 0.25) is 0 Å². The number of carboxylic acids is 1. The van der Waals surface area contributed by atoms with Gasteiger partial charge in [-0.3, -0.25) is 14.4 Å². The molecule has 0 saturated heterocycles. The van der Waals surface area contributed by atoms with E-state index in [-0.39, 0.29) is 13.1 Å². The van der Waals surface area contributed by atoms with Gasteiger partial charge in [0.1, 0.15) is 6.54 Å². The summed E-state index contributed by atoms with van der Waals surface area (Å²) in [4.78, 5) is 35.5. The van der Waals surface area contributed by atoms with Crippen LogP contribution < -0.4 is 16.0 Å². The summed E-state index contributed by atoms with van der Waals surface area (Å²) in [6.45, 7) is -0.254. The summed E-state index contributed by atoms with van der Waals surface area (Å²) in [5, 5.41) is 26.3. The maximum absolute atomic E-state index is 12.5. The van der Waals surface area contributed by atoms with Crippen LogP contribution in [-0.2, 0) is 27.3 Å². The van der Waals surface area contributed by atoms with Gasteiger partial charge >= 0.3 is 5.97 Å². The highest BCUT2D eigenvalue weighted by atomic mass is 16.4. The Morgan fingerprint density at radius 2 is 1.28 bits per heavy atom. The second-order valence-corrected chi connectivity index (χ2v) is 6.13. The third kappa shape index (κ3) is 7.37. The summed E-state index contributed by atoms with van der Waals surface area (Å²) >= 11 is 0. The molecule has 0 bridgehead atoms. The number of amides is 2. The van der Waals surface area contributed by atoms with Gasteiger partial charge in [-0.15, -0.1) is 0 Å². The average molecular weight is 397 g/mol. The fourth-order valence-corrected chi connectivity index (χ4v) is 2.49. The molecular weight excluding hydrogens is 374 g/mol. The largest absolute Gasteiger partial charge is 0.494 e. The summed E-state index contributed by atoms with van der Waals surface area (Å²) < 4.78 is 0. The normalized spacial score (nSPS) is 11.2. The number of carboxylic acid groups (broad SMARTS) is 1. The molecular formula is C21H23N3O5. The highest BCUT2D eigenvalue weighted by Crippen LogP contribution is 2.05. The Balaban J connectivity index is 2.06. The number of hydrogen-bond donors (Lipinski definition) is 5. The Labute approximate surface area is 168 Å². The molecule has 0 radical (unpaired) electrons. The molecule has 0 aliphatic heterocycles. The molecule has 8 heteroatoms. The van der Waals surface area contributed by atoms with E-state index in [1.807, 2.05) is 60.7 Å². The Kier molecular flexibility index (Phi) is 8.25. The molecule has 29 heavy (non-hydrogen) atoms. The summed E-state index contributed by atoms with van der Waals surface area (Å²) in [6.07, 6.45) is 0.537. The van der Waals surface area contributed by atoms with E-state index in [1.165, 1.54) is 0 Å². The zero-order chi connectivity index (χ0) is 21.1. The maximum Gasteiger partial charge on any atom is 0.322 e. The van der Waals surface area contributed by atoms with E-state index in [1.54, 1.807) is 0 Å². The average Bonchev–Trinajstić information content (AvgIpc) is 2.72. The van der Waals surface area contributed by atoms with Gasteiger partial charge < -0.3 is 26.2 Å². The quantitative estimate of drug-likeness (QED) is 0.177. The minimum atomic E-state index is -1.26. The van der Waals surface area contributed by atoms with Crippen molar-refractivity contribution >= 4 is 17.8 Å². The molecule has 0 aliphatic carbocycles. The van der Waals surface area contributed by atoms with E-state index < -0.39 is 35.8 Å². The SMILES string of the molecule is O=C(O)CNC(=O)C(C(=O)NCCc1ccccc1)=C(O)NCc1ccccc1. The summed E-state index contributed by atoms with van der Waals surface area (Å²) in [7, 11) is 0. The number of rotatable bonds is 10. The Bertz CT molecular complexity index is 866. The number of carbonyl (C=O) groups is 3. The molecule has 0 spiro atoms. The zero-order valence-corrected chi connectivity index (χ0v) is 15.7. The Morgan fingerprint density at radius 3 is 1.86 bits per heavy atom. The standard InChI is InChI=1S/C21H23N3O5/c25-17(26)14-24-21(29)18(20(28)23-13-16-9-5-2-6-10-16)19(27)22-12-11-15-7-3-1-4-8-15/h1-10,23,28H,11-14H2,(H,22,27)(H,24,29)(H,25,26). The Hall–Kier alpha value is -3.81. The third-order valence-corrected chi connectivity index (χ3v) is 3.94. The van der Waals surface area contributed by atoms with Gasteiger partial charge in [0.2, 0.25) is 5.88 Å². The van der Waals surface area contributed by atoms with Gasteiger partial charge in [0, 0.05) is 13.1 Å². The van der Waals surface area contributed by atoms with Crippen molar-refractivity contribution in [2.24, 2.45) is 0 Å². The summed E-state index contributed by atoms with van der Waals surface area (Å²) in [5.41, 5.74) is 1.25. The van der Waals surface area contributed by atoms with Crippen LogP contribution >= 0.6 is 0 Å². The molecule has 2 amide bonds. The lowest BCUT2D eigenvalue weighted by molar-refractivity contribution is -0.138. The van der Waals surface area contributed by atoms with Gasteiger partial charge in [0.25, 0.3) is 11.8 Å². The van der Waals surface area contributed by atoms with Crippen molar-refractivity contribution < 1.29 is 24.6 Å².